The summed E-state index contributed by atoms with van der Waals surface area (Å²) in [6.45, 7) is 6.02. The zero-order valence-electron chi connectivity index (χ0n) is 11.6. The Morgan fingerprint density at radius 1 is 1.15 bits per heavy atom. The standard InChI is InChI=1S/C15H17F3O2/c1-14(2,3)11-6-4-10(5-7-11)8-12(9-13(19)20)15(16,17)18/h4-7,9H,8H2,1-3H3,(H,19,20)/b12-9+. The van der Waals surface area contributed by atoms with E-state index in [-0.39, 0.29) is 11.5 Å². The summed E-state index contributed by atoms with van der Waals surface area (Å²) in [5, 5.41) is 8.50. The van der Waals surface area contributed by atoms with Gasteiger partial charge in [0.25, 0.3) is 0 Å². The first-order valence-electron chi connectivity index (χ1n) is 6.10. The molecule has 1 aromatic carbocycles. The van der Waals surface area contributed by atoms with Crippen LogP contribution in [0.25, 0.3) is 0 Å². The van der Waals surface area contributed by atoms with Crippen molar-refractivity contribution < 1.29 is 23.1 Å². The largest absolute Gasteiger partial charge is 0.478 e. The topological polar surface area (TPSA) is 37.3 Å². The quantitative estimate of drug-likeness (QED) is 0.849. The first kappa shape index (κ1) is 16.3. The summed E-state index contributed by atoms with van der Waals surface area (Å²) in [4.78, 5) is 10.5. The summed E-state index contributed by atoms with van der Waals surface area (Å²) in [7, 11) is 0. The maximum absolute atomic E-state index is 12.7. The summed E-state index contributed by atoms with van der Waals surface area (Å²) in [6, 6.07) is 6.73. The van der Waals surface area contributed by atoms with E-state index in [1.807, 2.05) is 20.8 Å². The second-order valence-corrected chi connectivity index (χ2v) is 5.63. The molecule has 1 N–H and O–H groups in total. The highest BCUT2D eigenvalue weighted by Crippen LogP contribution is 2.29. The van der Waals surface area contributed by atoms with Crippen LogP contribution in [0.15, 0.2) is 35.9 Å². The number of hydrogen-bond acceptors (Lipinski definition) is 1. The lowest BCUT2D eigenvalue weighted by Gasteiger charge is -2.19. The minimum absolute atomic E-state index is 0.0811. The van der Waals surface area contributed by atoms with E-state index in [1.54, 1.807) is 24.3 Å². The molecular weight excluding hydrogens is 269 g/mol. The molecule has 5 heteroatoms. The van der Waals surface area contributed by atoms with Crippen LogP contribution in [0.5, 0.6) is 0 Å². The minimum atomic E-state index is -4.64. The summed E-state index contributed by atoms with van der Waals surface area (Å²) in [5.41, 5.74) is 0.302. The van der Waals surface area contributed by atoms with Gasteiger partial charge in [0.1, 0.15) is 0 Å². The van der Waals surface area contributed by atoms with Gasteiger partial charge in [0.05, 0.1) is 0 Å². The van der Waals surface area contributed by atoms with Gasteiger partial charge in [-0.1, -0.05) is 45.0 Å². The fraction of sp³-hybridized carbons (Fsp3) is 0.400. The van der Waals surface area contributed by atoms with Gasteiger partial charge in [-0.25, -0.2) is 4.79 Å². The number of alkyl halides is 3. The van der Waals surface area contributed by atoms with E-state index in [0.717, 1.165) is 5.56 Å². The molecule has 0 saturated heterocycles. The average Bonchev–Trinajstić information content (AvgIpc) is 2.25. The zero-order valence-corrected chi connectivity index (χ0v) is 11.6. The third-order valence-corrected chi connectivity index (χ3v) is 2.88. The Morgan fingerprint density at radius 3 is 2.00 bits per heavy atom. The van der Waals surface area contributed by atoms with Gasteiger partial charge in [0.2, 0.25) is 0 Å². The summed E-state index contributed by atoms with van der Waals surface area (Å²) in [5.74, 6) is -1.59. The number of allylic oxidation sites excluding steroid dienone is 1. The van der Waals surface area contributed by atoms with Crippen LogP contribution in [-0.2, 0) is 16.6 Å². The molecule has 0 aliphatic carbocycles. The Hall–Kier alpha value is -1.78. The van der Waals surface area contributed by atoms with Gasteiger partial charge in [0.15, 0.2) is 0 Å². The smallest absolute Gasteiger partial charge is 0.413 e. The Bertz CT molecular complexity index is 505. The number of rotatable bonds is 3. The molecule has 0 unspecified atom stereocenters. The summed E-state index contributed by atoms with van der Waals surface area (Å²) >= 11 is 0. The van der Waals surface area contributed by atoms with E-state index in [4.69, 9.17) is 5.11 Å². The predicted molar refractivity (Wildman–Crippen MR) is 70.6 cm³/mol. The molecule has 0 aromatic heterocycles. The number of carbonyl (C=O) groups is 1. The molecule has 0 bridgehead atoms. The van der Waals surface area contributed by atoms with E-state index in [1.165, 1.54) is 0 Å². The molecule has 0 spiro atoms. The van der Waals surface area contributed by atoms with Crippen molar-refractivity contribution in [1.82, 2.24) is 0 Å². The average molecular weight is 286 g/mol. The SMILES string of the molecule is CC(C)(C)c1ccc(C/C(=C\C(=O)O)C(F)(F)F)cc1. The normalized spacial score (nSPS) is 13.4. The summed E-state index contributed by atoms with van der Waals surface area (Å²) < 4.78 is 38.1. The molecule has 0 aliphatic heterocycles. The fourth-order valence-electron chi connectivity index (χ4n) is 1.72. The van der Waals surface area contributed by atoms with Gasteiger partial charge in [0, 0.05) is 18.1 Å². The molecule has 1 aromatic rings. The highest BCUT2D eigenvalue weighted by Gasteiger charge is 2.34. The Labute approximate surface area is 115 Å². The maximum atomic E-state index is 12.7. The molecule has 0 aliphatic rings. The van der Waals surface area contributed by atoms with Crippen LogP contribution >= 0.6 is 0 Å². The Kier molecular flexibility index (Phi) is 4.63. The van der Waals surface area contributed by atoms with Crippen LogP contribution in [0.3, 0.4) is 0 Å². The summed E-state index contributed by atoms with van der Waals surface area (Å²) in [6.07, 6.45) is -4.86. The highest BCUT2D eigenvalue weighted by atomic mass is 19.4. The van der Waals surface area contributed by atoms with Crippen molar-refractivity contribution in [3.63, 3.8) is 0 Å². The monoisotopic (exact) mass is 286 g/mol. The molecule has 0 saturated carbocycles. The molecule has 0 radical (unpaired) electrons. The van der Waals surface area contributed by atoms with E-state index in [0.29, 0.717) is 5.56 Å². The molecule has 20 heavy (non-hydrogen) atoms. The van der Waals surface area contributed by atoms with Gasteiger partial charge in [-0.2, -0.15) is 13.2 Å². The van der Waals surface area contributed by atoms with Crippen LogP contribution in [0, 0.1) is 0 Å². The van der Waals surface area contributed by atoms with E-state index in [9.17, 15) is 18.0 Å². The van der Waals surface area contributed by atoms with Crippen molar-refractivity contribution in [3.8, 4) is 0 Å². The molecule has 0 heterocycles. The van der Waals surface area contributed by atoms with Crippen LogP contribution in [0.2, 0.25) is 0 Å². The number of aliphatic carboxylic acids is 1. The number of halogens is 3. The van der Waals surface area contributed by atoms with Crippen LogP contribution in [0.1, 0.15) is 31.9 Å². The fourth-order valence-corrected chi connectivity index (χ4v) is 1.72. The highest BCUT2D eigenvalue weighted by molar-refractivity contribution is 5.81. The van der Waals surface area contributed by atoms with Crippen molar-refractivity contribution in [2.45, 2.75) is 38.8 Å². The molecule has 0 fully saturated rings. The van der Waals surface area contributed by atoms with Crippen LogP contribution in [0.4, 0.5) is 13.2 Å². The zero-order chi connectivity index (χ0) is 15.6. The lowest BCUT2D eigenvalue weighted by atomic mass is 9.86. The van der Waals surface area contributed by atoms with Gasteiger partial charge >= 0.3 is 12.1 Å². The third kappa shape index (κ3) is 4.72. The number of benzene rings is 1. The second kappa shape index (κ2) is 5.69. The van der Waals surface area contributed by atoms with Crippen molar-refractivity contribution >= 4 is 5.97 Å². The predicted octanol–water partition coefficient (Wildman–Crippen LogP) is 4.10. The first-order chi connectivity index (χ1) is 9.00. The van der Waals surface area contributed by atoms with Gasteiger partial charge < -0.3 is 5.11 Å². The third-order valence-electron chi connectivity index (χ3n) is 2.88. The molecule has 0 atom stereocenters. The molecule has 110 valence electrons. The Balaban J connectivity index is 2.99. The van der Waals surface area contributed by atoms with E-state index >= 15 is 0 Å². The maximum Gasteiger partial charge on any atom is 0.413 e. The first-order valence-corrected chi connectivity index (χ1v) is 6.10. The lowest BCUT2D eigenvalue weighted by molar-refractivity contribution is -0.132. The van der Waals surface area contributed by atoms with Crippen LogP contribution in [-0.4, -0.2) is 17.3 Å². The van der Waals surface area contributed by atoms with Crippen LogP contribution < -0.4 is 0 Å². The van der Waals surface area contributed by atoms with Crippen molar-refractivity contribution in [2.24, 2.45) is 0 Å². The van der Waals surface area contributed by atoms with Gasteiger partial charge in [-0.15, -0.1) is 0 Å². The lowest BCUT2D eigenvalue weighted by Crippen LogP contribution is -2.16. The van der Waals surface area contributed by atoms with E-state index in [2.05, 4.69) is 0 Å². The van der Waals surface area contributed by atoms with Crippen molar-refractivity contribution in [1.29, 1.82) is 0 Å². The van der Waals surface area contributed by atoms with Gasteiger partial charge in [-0.3, -0.25) is 0 Å². The van der Waals surface area contributed by atoms with E-state index < -0.39 is 24.1 Å². The molecule has 0 amide bonds. The van der Waals surface area contributed by atoms with Crippen molar-refractivity contribution in [2.75, 3.05) is 0 Å². The van der Waals surface area contributed by atoms with Gasteiger partial charge in [-0.05, 0) is 16.5 Å². The number of hydrogen-bond donors (Lipinski definition) is 1. The molecule has 2 nitrogen and oxygen atoms in total. The number of carboxylic acid groups (broad SMARTS) is 1. The molecular formula is C15H17F3O2. The minimum Gasteiger partial charge on any atom is -0.478 e. The number of carboxylic acids is 1. The molecule has 1 rings (SSSR count). The van der Waals surface area contributed by atoms with Crippen molar-refractivity contribution in [3.05, 3.63) is 47.0 Å². The Morgan fingerprint density at radius 2 is 1.65 bits per heavy atom. The second-order valence-electron chi connectivity index (χ2n) is 5.63.